The van der Waals surface area contributed by atoms with Crippen molar-refractivity contribution < 1.29 is 19.2 Å². The van der Waals surface area contributed by atoms with Crippen molar-refractivity contribution in [2.75, 3.05) is 12.4 Å². The molecule has 4 rings (SSSR count). The number of carbonyl (C=O) groups excluding carboxylic acids is 1. The number of nitrogens with zero attached hydrogens (tertiary/aromatic N) is 2. The summed E-state index contributed by atoms with van der Waals surface area (Å²) >= 11 is 0. The van der Waals surface area contributed by atoms with Crippen molar-refractivity contribution in [1.29, 1.82) is 5.26 Å². The van der Waals surface area contributed by atoms with Crippen molar-refractivity contribution in [3.8, 4) is 17.6 Å². The van der Waals surface area contributed by atoms with Crippen LogP contribution in [0.25, 0.3) is 16.8 Å². The molecule has 0 atom stereocenters. The fourth-order valence-corrected chi connectivity index (χ4v) is 3.62. The molecule has 0 aliphatic heterocycles. The maximum absolute atomic E-state index is 12.8. The van der Waals surface area contributed by atoms with Crippen LogP contribution in [0.2, 0.25) is 0 Å². The van der Waals surface area contributed by atoms with Crippen LogP contribution >= 0.6 is 0 Å². The molecule has 0 bridgehead atoms. The van der Waals surface area contributed by atoms with Crippen LogP contribution in [0.5, 0.6) is 11.5 Å². The van der Waals surface area contributed by atoms with E-state index in [4.69, 9.17) is 9.47 Å². The summed E-state index contributed by atoms with van der Waals surface area (Å²) in [4.78, 5) is 24.0. The van der Waals surface area contributed by atoms with Crippen LogP contribution in [-0.2, 0) is 11.4 Å². The minimum Gasteiger partial charge on any atom is -0.493 e. The van der Waals surface area contributed by atoms with E-state index in [9.17, 15) is 20.2 Å². The third kappa shape index (κ3) is 5.48. The summed E-state index contributed by atoms with van der Waals surface area (Å²) in [6.07, 6.45) is 1.16. The molecule has 0 aromatic heterocycles. The minimum absolute atomic E-state index is 0.0362. The smallest absolute Gasteiger partial charge is 0.280 e. The first kappa shape index (κ1) is 24.0. The molecule has 178 valence electrons. The zero-order valence-electron chi connectivity index (χ0n) is 19.3. The Morgan fingerprint density at radius 2 is 1.72 bits per heavy atom. The van der Waals surface area contributed by atoms with Gasteiger partial charge in [-0.3, -0.25) is 14.9 Å². The van der Waals surface area contributed by atoms with E-state index in [-0.39, 0.29) is 34.9 Å². The molecule has 4 aromatic rings. The Hall–Kier alpha value is -5.16. The van der Waals surface area contributed by atoms with Crippen LogP contribution in [-0.4, -0.2) is 17.9 Å². The largest absolute Gasteiger partial charge is 0.493 e. The summed E-state index contributed by atoms with van der Waals surface area (Å²) in [6.45, 7) is 0.182. The highest BCUT2D eigenvalue weighted by molar-refractivity contribution is 6.10. The molecule has 0 fully saturated rings. The maximum atomic E-state index is 12.8. The molecule has 0 aliphatic rings. The third-order valence-corrected chi connectivity index (χ3v) is 5.42. The molecule has 8 heteroatoms. The average Bonchev–Trinajstić information content (AvgIpc) is 2.90. The monoisotopic (exact) mass is 479 g/mol. The fraction of sp³-hybridized carbons (Fsp3) is 0.0714. The number of ether oxygens (including phenoxy) is 2. The Labute approximate surface area is 207 Å². The van der Waals surface area contributed by atoms with E-state index >= 15 is 0 Å². The van der Waals surface area contributed by atoms with Gasteiger partial charge >= 0.3 is 0 Å². The molecule has 0 unspecified atom stereocenters. The predicted molar refractivity (Wildman–Crippen MR) is 137 cm³/mol. The lowest BCUT2D eigenvalue weighted by molar-refractivity contribution is -0.385. The lowest BCUT2D eigenvalue weighted by Crippen LogP contribution is -2.13. The molecular formula is C28H21N3O5. The third-order valence-electron chi connectivity index (χ3n) is 5.42. The highest BCUT2D eigenvalue weighted by Crippen LogP contribution is 2.36. The van der Waals surface area contributed by atoms with E-state index in [0.717, 1.165) is 22.4 Å². The van der Waals surface area contributed by atoms with Crippen molar-refractivity contribution >= 4 is 34.1 Å². The molecule has 0 saturated carbocycles. The number of nitro groups is 1. The topological polar surface area (TPSA) is 114 Å². The van der Waals surface area contributed by atoms with E-state index in [1.165, 1.54) is 19.2 Å². The Bertz CT molecular complexity index is 1510. The zero-order valence-corrected chi connectivity index (χ0v) is 19.3. The summed E-state index contributed by atoms with van der Waals surface area (Å²) in [5.41, 5.74) is 0.783. The van der Waals surface area contributed by atoms with Crippen molar-refractivity contribution in [1.82, 2.24) is 0 Å². The van der Waals surface area contributed by atoms with Gasteiger partial charge in [0.25, 0.3) is 11.6 Å². The van der Waals surface area contributed by atoms with Gasteiger partial charge < -0.3 is 14.8 Å². The van der Waals surface area contributed by atoms with Crippen molar-refractivity contribution in [3.63, 3.8) is 0 Å². The highest BCUT2D eigenvalue weighted by Gasteiger charge is 2.21. The number of benzene rings is 4. The number of anilines is 1. The first-order valence-corrected chi connectivity index (χ1v) is 10.9. The summed E-state index contributed by atoms with van der Waals surface area (Å²) in [6, 6.07) is 26.8. The normalized spacial score (nSPS) is 10.9. The number of rotatable bonds is 8. The standard InChI is InChI=1S/C28H21N3O5/c1-35-26-15-22(25(31(33)34)16-27(26)36-18-19-7-3-2-4-8-19)13-23(17-29)28(32)30-24-12-11-20-9-5-6-10-21(20)14-24/h2-16H,18H2,1H3,(H,30,32)/b23-13-. The van der Waals surface area contributed by atoms with E-state index < -0.39 is 10.8 Å². The molecule has 8 nitrogen and oxygen atoms in total. The first-order chi connectivity index (χ1) is 17.5. The number of methoxy groups -OCH3 is 1. The summed E-state index contributed by atoms with van der Waals surface area (Å²) in [5.74, 6) is -0.287. The molecule has 0 saturated heterocycles. The van der Waals surface area contributed by atoms with Gasteiger partial charge in [0.2, 0.25) is 0 Å². The summed E-state index contributed by atoms with van der Waals surface area (Å²) in [5, 5.41) is 26.0. The second-order valence-electron chi connectivity index (χ2n) is 7.78. The SMILES string of the molecule is COc1cc(/C=C(/C#N)C(=O)Nc2ccc3ccccc3c2)c([N+](=O)[O-])cc1OCc1ccccc1. The first-order valence-electron chi connectivity index (χ1n) is 10.9. The molecule has 4 aromatic carbocycles. The molecule has 1 N–H and O–H groups in total. The van der Waals surface area contributed by atoms with Gasteiger partial charge in [0.1, 0.15) is 18.2 Å². The fourth-order valence-electron chi connectivity index (χ4n) is 3.62. The van der Waals surface area contributed by atoms with E-state index in [0.29, 0.717) is 5.69 Å². The predicted octanol–water partition coefficient (Wildman–Crippen LogP) is 5.88. The lowest BCUT2D eigenvalue weighted by Gasteiger charge is -2.12. The number of hydrogen-bond donors (Lipinski definition) is 1. The minimum atomic E-state index is -0.689. The van der Waals surface area contributed by atoms with Crippen molar-refractivity contribution in [2.24, 2.45) is 0 Å². The van der Waals surface area contributed by atoms with Crippen LogP contribution in [0.3, 0.4) is 0 Å². The Morgan fingerprint density at radius 3 is 2.42 bits per heavy atom. The number of amides is 1. The van der Waals surface area contributed by atoms with Crippen LogP contribution in [0, 0.1) is 21.4 Å². The van der Waals surface area contributed by atoms with Gasteiger partial charge in [-0.15, -0.1) is 0 Å². The van der Waals surface area contributed by atoms with E-state index in [1.807, 2.05) is 66.7 Å². The second kappa shape index (κ2) is 10.8. The van der Waals surface area contributed by atoms with Crippen LogP contribution in [0.1, 0.15) is 11.1 Å². The van der Waals surface area contributed by atoms with Crippen LogP contribution < -0.4 is 14.8 Å². The van der Waals surface area contributed by atoms with E-state index in [1.54, 1.807) is 12.1 Å². The summed E-state index contributed by atoms with van der Waals surface area (Å²) in [7, 11) is 1.40. The molecule has 0 aliphatic carbocycles. The van der Waals surface area contributed by atoms with E-state index in [2.05, 4.69) is 5.32 Å². The molecule has 0 spiro atoms. The highest BCUT2D eigenvalue weighted by atomic mass is 16.6. The number of hydrogen-bond acceptors (Lipinski definition) is 6. The number of fused-ring (bicyclic) bond motifs is 1. The Kier molecular flexibility index (Phi) is 7.22. The molecule has 1 amide bonds. The van der Waals surface area contributed by atoms with Gasteiger partial charge in [-0.1, -0.05) is 60.7 Å². The van der Waals surface area contributed by atoms with Gasteiger partial charge in [-0.2, -0.15) is 5.26 Å². The zero-order chi connectivity index (χ0) is 25.5. The van der Waals surface area contributed by atoms with Gasteiger partial charge in [-0.25, -0.2) is 0 Å². The van der Waals surface area contributed by atoms with Crippen LogP contribution in [0.4, 0.5) is 11.4 Å². The lowest BCUT2D eigenvalue weighted by atomic mass is 10.1. The van der Waals surface area contributed by atoms with Gasteiger partial charge in [-0.05, 0) is 40.6 Å². The Morgan fingerprint density at radius 1 is 1.00 bits per heavy atom. The average molecular weight is 479 g/mol. The van der Waals surface area contributed by atoms with Gasteiger partial charge in [0.05, 0.1) is 23.7 Å². The van der Waals surface area contributed by atoms with Crippen molar-refractivity contribution in [3.05, 3.63) is 112 Å². The molecular weight excluding hydrogens is 458 g/mol. The number of nitrogens with one attached hydrogen (secondary N) is 1. The number of nitro benzene ring substituents is 1. The second-order valence-corrected chi connectivity index (χ2v) is 7.78. The Balaban J connectivity index is 1.62. The quantitative estimate of drug-likeness (QED) is 0.146. The van der Waals surface area contributed by atoms with Gasteiger partial charge in [0, 0.05) is 5.69 Å². The molecule has 0 heterocycles. The summed E-state index contributed by atoms with van der Waals surface area (Å²) < 4.78 is 11.1. The van der Waals surface area contributed by atoms with Gasteiger partial charge in [0.15, 0.2) is 11.5 Å². The number of nitriles is 1. The van der Waals surface area contributed by atoms with Crippen molar-refractivity contribution in [2.45, 2.75) is 6.61 Å². The molecule has 36 heavy (non-hydrogen) atoms. The maximum Gasteiger partial charge on any atom is 0.280 e. The number of carbonyl (C=O) groups is 1. The molecule has 0 radical (unpaired) electrons. The van der Waals surface area contributed by atoms with Crippen LogP contribution in [0.15, 0.2) is 90.5 Å².